The van der Waals surface area contributed by atoms with E-state index in [0.29, 0.717) is 6.54 Å². The smallest absolute Gasteiger partial charge is 0.308 e. The number of carboxylic acids is 1. The van der Waals surface area contributed by atoms with E-state index in [4.69, 9.17) is 19.3 Å². The molecule has 0 aliphatic carbocycles. The van der Waals surface area contributed by atoms with Crippen LogP contribution in [-0.4, -0.2) is 93.2 Å². The number of methoxy groups -OCH3 is 4. The zero-order valence-corrected chi connectivity index (χ0v) is 26.8. The summed E-state index contributed by atoms with van der Waals surface area (Å²) in [5, 5.41) is 8.97. The van der Waals surface area contributed by atoms with Crippen molar-refractivity contribution in [3.8, 4) is 11.5 Å². The van der Waals surface area contributed by atoms with E-state index in [0.717, 1.165) is 29.2 Å². The van der Waals surface area contributed by atoms with Crippen molar-refractivity contribution >= 4 is 23.6 Å². The highest BCUT2D eigenvalue weighted by atomic mass is 16.5. The highest BCUT2D eigenvalue weighted by Gasteiger charge is 2.37. The molecule has 242 valence electrons. The Morgan fingerprint density at radius 3 is 1.45 bits per heavy atom. The van der Waals surface area contributed by atoms with E-state index in [1.165, 1.54) is 7.11 Å². The Balaban J connectivity index is 0.000000275. The van der Waals surface area contributed by atoms with Crippen molar-refractivity contribution in [1.82, 2.24) is 9.80 Å². The lowest BCUT2D eigenvalue weighted by molar-refractivity contribution is -0.141. The van der Waals surface area contributed by atoms with Gasteiger partial charge in [-0.2, -0.15) is 0 Å². The monoisotopic (exact) mass is 614 g/mol. The predicted octanol–water partition coefficient (Wildman–Crippen LogP) is 4.16. The van der Waals surface area contributed by atoms with Gasteiger partial charge in [0.2, 0.25) is 11.8 Å². The number of benzene rings is 2. The number of hydrogen-bond acceptors (Lipinski definition) is 8. The molecule has 0 aromatic heterocycles. The predicted molar refractivity (Wildman–Crippen MR) is 165 cm³/mol. The molecule has 2 aliphatic rings. The summed E-state index contributed by atoms with van der Waals surface area (Å²) in [6.07, 6.45) is 0.374. The van der Waals surface area contributed by atoms with Gasteiger partial charge >= 0.3 is 5.97 Å². The number of Topliss-reactive ketones (excluding diaryl/α,β-unsaturated/α-hetero) is 1. The first-order valence-electron chi connectivity index (χ1n) is 14.6. The molecule has 2 unspecified atom stereocenters. The van der Waals surface area contributed by atoms with Crippen molar-refractivity contribution in [2.45, 2.75) is 45.7 Å². The summed E-state index contributed by atoms with van der Waals surface area (Å²) in [5.74, 6) is -0.290. The first kappa shape index (κ1) is 36.2. The van der Waals surface area contributed by atoms with Gasteiger partial charge in [0, 0.05) is 52.7 Å². The second-order valence-corrected chi connectivity index (χ2v) is 10.6. The average molecular weight is 615 g/mol. The number of likely N-dealkylation sites (tertiary alicyclic amines) is 2. The van der Waals surface area contributed by atoms with E-state index in [-0.39, 0.29) is 61.6 Å². The normalized spacial score (nSPS) is 18.9. The number of nitrogens with zero attached hydrogens (tertiary/aromatic N) is 2. The minimum Gasteiger partial charge on any atom is -0.497 e. The maximum absolute atomic E-state index is 12.1. The summed E-state index contributed by atoms with van der Waals surface area (Å²) in [5.41, 5.74) is 2.00. The maximum atomic E-state index is 12.1. The van der Waals surface area contributed by atoms with Crippen molar-refractivity contribution in [3.05, 3.63) is 59.7 Å². The van der Waals surface area contributed by atoms with Crippen LogP contribution in [0.25, 0.3) is 0 Å². The molecule has 2 saturated heterocycles. The van der Waals surface area contributed by atoms with E-state index in [9.17, 15) is 19.2 Å². The summed E-state index contributed by atoms with van der Waals surface area (Å²) >= 11 is 0. The second kappa shape index (κ2) is 18.0. The summed E-state index contributed by atoms with van der Waals surface area (Å²) < 4.78 is 19.6. The van der Waals surface area contributed by atoms with Gasteiger partial charge in [0.15, 0.2) is 5.78 Å². The molecule has 0 bridgehead atoms. The zero-order valence-electron chi connectivity index (χ0n) is 26.8. The van der Waals surface area contributed by atoms with Crippen LogP contribution in [0.15, 0.2) is 48.5 Å². The van der Waals surface area contributed by atoms with Crippen molar-refractivity contribution in [2.75, 3.05) is 54.7 Å². The lowest BCUT2D eigenvalue weighted by Gasteiger charge is -2.25. The van der Waals surface area contributed by atoms with Gasteiger partial charge in [0.25, 0.3) is 0 Å². The van der Waals surface area contributed by atoms with Crippen LogP contribution >= 0.6 is 0 Å². The third-order valence-electron chi connectivity index (χ3n) is 7.83. The quantitative estimate of drug-likeness (QED) is 0.396. The van der Waals surface area contributed by atoms with E-state index in [1.807, 2.05) is 69.3 Å². The third-order valence-corrected chi connectivity index (χ3v) is 7.83. The Kier molecular flexibility index (Phi) is 14.8. The van der Waals surface area contributed by atoms with Gasteiger partial charge in [-0.25, -0.2) is 0 Å². The largest absolute Gasteiger partial charge is 0.497 e. The van der Waals surface area contributed by atoms with E-state index >= 15 is 0 Å². The average Bonchev–Trinajstić information content (AvgIpc) is 3.63. The Morgan fingerprint density at radius 1 is 0.750 bits per heavy atom. The topological polar surface area (TPSA) is 132 Å². The highest BCUT2D eigenvalue weighted by Crippen LogP contribution is 2.31. The Labute approximate surface area is 260 Å². The molecule has 4 rings (SSSR count). The summed E-state index contributed by atoms with van der Waals surface area (Å²) in [6.45, 7) is 7.48. The molecule has 0 saturated carbocycles. The SMILES string of the molecule is CCOC.COCC(=O)C1CC(=O)N([C@@H](C)c2ccc(OC)cc2)C1.COc1ccc([C@H](C)N2CC(C(=O)O)CC2=O)cc1. The summed E-state index contributed by atoms with van der Waals surface area (Å²) in [6, 6.07) is 14.9. The van der Waals surface area contributed by atoms with Crippen LogP contribution in [0.5, 0.6) is 11.5 Å². The Morgan fingerprint density at radius 2 is 1.14 bits per heavy atom. The maximum Gasteiger partial charge on any atom is 0.308 e. The van der Waals surface area contributed by atoms with Crippen LogP contribution in [-0.2, 0) is 28.7 Å². The number of hydrogen-bond donors (Lipinski definition) is 1. The fraction of sp³-hybridized carbons (Fsp3) is 0.515. The molecule has 11 heteroatoms. The third kappa shape index (κ3) is 10.1. The number of carboxylic acid groups (broad SMARTS) is 1. The number of carbonyl (C=O) groups excluding carboxylic acids is 3. The fourth-order valence-corrected chi connectivity index (χ4v) is 4.98. The Hall–Kier alpha value is -3.96. The van der Waals surface area contributed by atoms with Gasteiger partial charge in [0.05, 0.1) is 32.2 Å². The summed E-state index contributed by atoms with van der Waals surface area (Å²) in [4.78, 5) is 50.2. The summed E-state index contributed by atoms with van der Waals surface area (Å²) in [7, 11) is 6.39. The number of ether oxygens (including phenoxy) is 4. The first-order valence-corrected chi connectivity index (χ1v) is 14.6. The van der Waals surface area contributed by atoms with E-state index in [2.05, 4.69) is 4.74 Å². The molecule has 0 radical (unpaired) electrons. The van der Waals surface area contributed by atoms with E-state index < -0.39 is 11.9 Å². The highest BCUT2D eigenvalue weighted by molar-refractivity contribution is 5.91. The number of carbonyl (C=O) groups is 4. The van der Waals surface area contributed by atoms with Gasteiger partial charge < -0.3 is 33.9 Å². The van der Waals surface area contributed by atoms with Gasteiger partial charge in [-0.15, -0.1) is 0 Å². The molecule has 44 heavy (non-hydrogen) atoms. The zero-order chi connectivity index (χ0) is 32.8. The minimum atomic E-state index is -0.905. The van der Waals surface area contributed by atoms with Crippen LogP contribution < -0.4 is 9.47 Å². The fourth-order valence-electron chi connectivity index (χ4n) is 4.98. The molecule has 2 fully saturated rings. The molecule has 2 aromatic rings. The molecule has 2 aliphatic heterocycles. The van der Waals surface area contributed by atoms with Gasteiger partial charge in [-0.05, 0) is 56.2 Å². The molecule has 0 spiro atoms. The number of ketones is 1. The lowest BCUT2D eigenvalue weighted by Crippen LogP contribution is -2.29. The molecular formula is C33H46N2O9. The molecule has 2 amide bonds. The van der Waals surface area contributed by atoms with Crippen molar-refractivity contribution in [1.29, 1.82) is 0 Å². The van der Waals surface area contributed by atoms with Crippen molar-refractivity contribution in [2.24, 2.45) is 11.8 Å². The second-order valence-electron chi connectivity index (χ2n) is 10.6. The molecule has 11 nitrogen and oxygen atoms in total. The van der Waals surface area contributed by atoms with E-state index in [1.54, 1.807) is 31.1 Å². The van der Waals surface area contributed by atoms with Gasteiger partial charge in [0.1, 0.15) is 18.1 Å². The van der Waals surface area contributed by atoms with Crippen molar-refractivity contribution in [3.63, 3.8) is 0 Å². The molecular weight excluding hydrogens is 568 g/mol. The molecule has 2 aromatic carbocycles. The first-order chi connectivity index (χ1) is 21.0. The Bertz CT molecular complexity index is 1210. The van der Waals surface area contributed by atoms with Crippen LogP contribution in [0.1, 0.15) is 56.8 Å². The molecule has 1 N–H and O–H groups in total. The lowest BCUT2D eigenvalue weighted by atomic mass is 10.0. The van der Waals surface area contributed by atoms with Crippen molar-refractivity contribution < 1.29 is 43.2 Å². The number of rotatable bonds is 11. The minimum absolute atomic E-state index is 0.00437. The number of aliphatic carboxylic acids is 1. The molecule has 4 atom stereocenters. The van der Waals surface area contributed by atoms with Gasteiger partial charge in [-0.1, -0.05) is 24.3 Å². The number of amides is 2. The molecule has 2 heterocycles. The van der Waals surface area contributed by atoms with Crippen LogP contribution in [0.4, 0.5) is 0 Å². The standard InChI is InChI=1S/C16H21NO4.C14H17NO4.C3H8O/c1-11(12-4-6-14(21-3)7-5-12)17-9-13(8-16(17)19)15(18)10-20-2;1-9(10-3-5-12(19-2)6-4-10)15-8-11(14(17)18)7-13(15)16;1-3-4-2/h4-7,11,13H,8-10H2,1-3H3;3-6,9,11H,7-8H2,1-2H3,(H,17,18);3H2,1-2H3/t11-,13?;9-,11?;/m00./s1. The van der Waals surface area contributed by atoms with Crippen LogP contribution in [0.2, 0.25) is 0 Å². The van der Waals surface area contributed by atoms with Crippen LogP contribution in [0, 0.1) is 11.8 Å². The van der Waals surface area contributed by atoms with Gasteiger partial charge in [-0.3, -0.25) is 19.2 Å². The van der Waals surface area contributed by atoms with Crippen LogP contribution in [0.3, 0.4) is 0 Å².